The van der Waals surface area contributed by atoms with Crippen molar-refractivity contribution in [3.8, 4) is 22.6 Å². The molecule has 0 bridgehead atoms. The molecule has 3 N–H and O–H groups in total. The number of phenols is 1. The Hall–Kier alpha value is -3.29. The van der Waals surface area contributed by atoms with E-state index in [1.54, 1.807) is 0 Å². The highest BCUT2D eigenvalue weighted by atomic mass is 16.5. The first-order valence-corrected chi connectivity index (χ1v) is 6.29. The quantitative estimate of drug-likeness (QED) is 0.775. The first kappa shape index (κ1) is 16.1. The van der Waals surface area contributed by atoms with Gasteiger partial charge in [0.1, 0.15) is 17.1 Å². The van der Waals surface area contributed by atoms with Crippen LogP contribution in [0.15, 0.2) is 27.4 Å². The lowest BCUT2D eigenvalue weighted by Gasteiger charge is -2.13. The number of benzene rings is 1. The van der Waals surface area contributed by atoms with Gasteiger partial charge in [0.15, 0.2) is 0 Å². The second-order valence-corrected chi connectivity index (χ2v) is 4.61. The molecule has 0 spiro atoms. The van der Waals surface area contributed by atoms with E-state index in [0.29, 0.717) is 0 Å². The molecule has 0 aliphatic rings. The van der Waals surface area contributed by atoms with Gasteiger partial charge in [-0.25, -0.2) is 14.4 Å². The zero-order chi connectivity index (χ0) is 17.3. The maximum atomic E-state index is 11.6. The number of aromatic hydroxyl groups is 1. The number of carbonyl (C=O) groups is 2. The molecule has 1 aromatic heterocycles. The number of ether oxygens (including phenoxy) is 1. The van der Waals surface area contributed by atoms with Gasteiger partial charge in [0, 0.05) is 23.3 Å². The second-order valence-electron chi connectivity index (χ2n) is 4.61. The van der Waals surface area contributed by atoms with Gasteiger partial charge in [0.25, 0.3) is 0 Å². The minimum absolute atomic E-state index is 0.0188. The standard InChI is InChI=1S/C15H12O8/c1-6-8(5-11(17)23-13(6)15(20)21)9-3-7(22-2)4-10(16)12(9)14(18)19/h3-5,16H,1-2H3,(H,18,19)(H,20,21). The van der Waals surface area contributed by atoms with Crippen molar-refractivity contribution in [2.45, 2.75) is 6.92 Å². The fraction of sp³-hybridized carbons (Fsp3) is 0.133. The largest absolute Gasteiger partial charge is 0.507 e. The summed E-state index contributed by atoms with van der Waals surface area (Å²) in [5.41, 5.74) is -1.42. The van der Waals surface area contributed by atoms with E-state index in [0.717, 1.165) is 12.1 Å². The normalized spacial score (nSPS) is 10.3. The predicted molar refractivity (Wildman–Crippen MR) is 77.3 cm³/mol. The van der Waals surface area contributed by atoms with E-state index >= 15 is 0 Å². The molecule has 0 saturated carbocycles. The maximum absolute atomic E-state index is 11.6. The zero-order valence-electron chi connectivity index (χ0n) is 12.1. The van der Waals surface area contributed by atoms with Crippen molar-refractivity contribution < 1.29 is 34.1 Å². The van der Waals surface area contributed by atoms with E-state index < -0.39 is 34.6 Å². The van der Waals surface area contributed by atoms with E-state index in [9.17, 15) is 24.6 Å². The lowest BCUT2D eigenvalue weighted by Crippen LogP contribution is -2.10. The van der Waals surface area contributed by atoms with Crippen molar-refractivity contribution >= 4 is 11.9 Å². The number of rotatable bonds is 4. The van der Waals surface area contributed by atoms with Crippen molar-refractivity contribution in [3.05, 3.63) is 45.5 Å². The Balaban J connectivity index is 2.91. The molecule has 1 aromatic carbocycles. The second kappa shape index (κ2) is 5.84. The Bertz CT molecular complexity index is 863. The molecule has 2 aromatic rings. The number of carboxylic acid groups (broad SMARTS) is 2. The van der Waals surface area contributed by atoms with Gasteiger partial charge in [-0.2, -0.15) is 0 Å². The molecule has 8 heteroatoms. The van der Waals surface area contributed by atoms with Crippen LogP contribution >= 0.6 is 0 Å². The monoisotopic (exact) mass is 320 g/mol. The number of carboxylic acids is 2. The highest BCUT2D eigenvalue weighted by Crippen LogP contribution is 2.36. The topological polar surface area (TPSA) is 134 Å². The van der Waals surface area contributed by atoms with Crippen LogP contribution in [0.5, 0.6) is 11.5 Å². The summed E-state index contributed by atoms with van der Waals surface area (Å²) in [6.07, 6.45) is 0. The SMILES string of the molecule is COc1cc(O)c(C(=O)O)c(-c2cc(=O)oc(C(=O)O)c2C)c1. The van der Waals surface area contributed by atoms with E-state index in [4.69, 9.17) is 9.84 Å². The van der Waals surface area contributed by atoms with Gasteiger partial charge in [-0.05, 0) is 18.6 Å². The van der Waals surface area contributed by atoms with Crippen molar-refractivity contribution in [3.63, 3.8) is 0 Å². The van der Waals surface area contributed by atoms with Crippen LogP contribution in [0.4, 0.5) is 0 Å². The average Bonchev–Trinajstić information content (AvgIpc) is 2.47. The Morgan fingerprint density at radius 2 is 1.74 bits per heavy atom. The average molecular weight is 320 g/mol. The van der Waals surface area contributed by atoms with Gasteiger partial charge < -0.3 is 24.5 Å². The molecule has 0 aliphatic heterocycles. The van der Waals surface area contributed by atoms with Crippen molar-refractivity contribution in [2.24, 2.45) is 0 Å². The Morgan fingerprint density at radius 1 is 1.09 bits per heavy atom. The van der Waals surface area contributed by atoms with Gasteiger partial charge in [-0.1, -0.05) is 0 Å². The van der Waals surface area contributed by atoms with Crippen LogP contribution in [0.2, 0.25) is 0 Å². The maximum Gasteiger partial charge on any atom is 0.372 e. The summed E-state index contributed by atoms with van der Waals surface area (Å²) < 4.78 is 9.59. The fourth-order valence-corrected chi connectivity index (χ4v) is 2.19. The minimum atomic E-state index is -1.47. The van der Waals surface area contributed by atoms with Crippen LogP contribution in [0.25, 0.3) is 11.1 Å². The van der Waals surface area contributed by atoms with Crippen LogP contribution in [-0.2, 0) is 0 Å². The van der Waals surface area contributed by atoms with E-state index in [1.807, 2.05) is 0 Å². The first-order chi connectivity index (χ1) is 10.8. The summed E-state index contributed by atoms with van der Waals surface area (Å²) in [5, 5.41) is 28.3. The molecular formula is C15H12O8. The zero-order valence-corrected chi connectivity index (χ0v) is 12.1. The molecule has 0 saturated heterocycles. The molecule has 0 aliphatic carbocycles. The molecule has 0 radical (unpaired) electrons. The number of aromatic carboxylic acids is 2. The minimum Gasteiger partial charge on any atom is -0.507 e. The molecule has 0 amide bonds. The third-order valence-corrected chi connectivity index (χ3v) is 3.23. The molecule has 8 nitrogen and oxygen atoms in total. The van der Waals surface area contributed by atoms with E-state index in [2.05, 4.69) is 4.42 Å². The molecule has 120 valence electrons. The molecule has 23 heavy (non-hydrogen) atoms. The van der Waals surface area contributed by atoms with Gasteiger partial charge >= 0.3 is 17.6 Å². The number of hydrogen-bond acceptors (Lipinski definition) is 6. The highest BCUT2D eigenvalue weighted by Gasteiger charge is 2.23. The fourth-order valence-electron chi connectivity index (χ4n) is 2.19. The Morgan fingerprint density at radius 3 is 2.26 bits per heavy atom. The summed E-state index contributed by atoms with van der Waals surface area (Å²) in [5.74, 6) is -3.94. The Labute approximate surface area is 129 Å². The Kier molecular flexibility index (Phi) is 4.08. The van der Waals surface area contributed by atoms with Crippen LogP contribution in [0, 0.1) is 6.92 Å². The number of hydrogen-bond donors (Lipinski definition) is 3. The molecule has 0 fully saturated rings. The number of methoxy groups -OCH3 is 1. The van der Waals surface area contributed by atoms with Gasteiger partial charge in [0.05, 0.1) is 7.11 Å². The predicted octanol–water partition coefficient (Wildman–Crippen LogP) is 1.73. The van der Waals surface area contributed by atoms with Crippen LogP contribution < -0.4 is 10.4 Å². The van der Waals surface area contributed by atoms with Crippen LogP contribution in [0.3, 0.4) is 0 Å². The summed E-state index contributed by atoms with van der Waals surface area (Å²) >= 11 is 0. The summed E-state index contributed by atoms with van der Waals surface area (Å²) in [7, 11) is 1.31. The van der Waals surface area contributed by atoms with Gasteiger partial charge in [-0.3, -0.25) is 0 Å². The van der Waals surface area contributed by atoms with Crippen molar-refractivity contribution in [1.29, 1.82) is 0 Å². The highest BCUT2D eigenvalue weighted by molar-refractivity contribution is 6.00. The van der Waals surface area contributed by atoms with Crippen molar-refractivity contribution in [1.82, 2.24) is 0 Å². The summed E-state index contributed by atoms with van der Waals surface area (Å²) in [6.45, 7) is 1.36. The molecule has 2 rings (SSSR count). The van der Waals surface area contributed by atoms with Gasteiger partial charge in [0.2, 0.25) is 5.76 Å². The molecule has 0 atom stereocenters. The van der Waals surface area contributed by atoms with Gasteiger partial charge in [-0.15, -0.1) is 0 Å². The molecule has 0 unspecified atom stereocenters. The first-order valence-electron chi connectivity index (χ1n) is 6.29. The smallest absolute Gasteiger partial charge is 0.372 e. The lowest BCUT2D eigenvalue weighted by atomic mass is 9.95. The third kappa shape index (κ3) is 2.86. The van der Waals surface area contributed by atoms with E-state index in [1.165, 1.54) is 20.1 Å². The van der Waals surface area contributed by atoms with Crippen LogP contribution in [0.1, 0.15) is 26.5 Å². The summed E-state index contributed by atoms with van der Waals surface area (Å²) in [6, 6.07) is 3.35. The molecular weight excluding hydrogens is 308 g/mol. The van der Waals surface area contributed by atoms with Crippen LogP contribution in [-0.4, -0.2) is 34.4 Å². The third-order valence-electron chi connectivity index (χ3n) is 3.23. The van der Waals surface area contributed by atoms with Crippen molar-refractivity contribution in [2.75, 3.05) is 7.11 Å². The lowest BCUT2D eigenvalue weighted by molar-refractivity contribution is 0.0653. The van der Waals surface area contributed by atoms with E-state index in [-0.39, 0.29) is 22.4 Å². The molecule has 1 heterocycles. The summed E-state index contributed by atoms with van der Waals surface area (Å²) in [4.78, 5) is 34.1.